The molecular formula is C6H7N3S. The van der Waals surface area contributed by atoms with Crippen molar-refractivity contribution in [3.8, 4) is 0 Å². The van der Waals surface area contributed by atoms with E-state index < -0.39 is 0 Å². The highest BCUT2D eigenvalue weighted by molar-refractivity contribution is 7.16. The number of aromatic nitrogens is 2. The second-order valence-corrected chi connectivity index (χ2v) is 2.51. The topological polar surface area (TPSA) is 37.8 Å². The summed E-state index contributed by atoms with van der Waals surface area (Å²) in [6.45, 7) is 7.05. The maximum Gasteiger partial charge on any atom is 0.209 e. The largest absolute Gasteiger partial charge is 0.337 e. The Labute approximate surface area is 63.1 Å². The molecule has 4 heteroatoms. The van der Waals surface area contributed by atoms with Gasteiger partial charge in [0.15, 0.2) is 0 Å². The third kappa shape index (κ3) is 1.41. The summed E-state index contributed by atoms with van der Waals surface area (Å²) in [4.78, 5) is 0. The Morgan fingerprint density at radius 1 is 1.40 bits per heavy atom. The minimum Gasteiger partial charge on any atom is -0.337 e. The fourth-order valence-corrected chi connectivity index (χ4v) is 1.05. The first-order valence-corrected chi connectivity index (χ1v) is 3.52. The van der Waals surface area contributed by atoms with E-state index in [1.54, 1.807) is 12.3 Å². The van der Waals surface area contributed by atoms with Crippen molar-refractivity contribution >= 4 is 22.5 Å². The molecule has 1 rings (SSSR count). The molecule has 0 atom stereocenters. The van der Waals surface area contributed by atoms with Gasteiger partial charge >= 0.3 is 0 Å². The quantitative estimate of drug-likeness (QED) is 0.718. The summed E-state index contributed by atoms with van der Waals surface area (Å²) >= 11 is 1.43. The van der Waals surface area contributed by atoms with E-state index in [1.807, 2.05) is 0 Å². The molecule has 1 heterocycles. The molecule has 52 valence electrons. The molecular weight excluding hydrogens is 146 g/mol. The molecule has 3 nitrogen and oxygen atoms in total. The van der Waals surface area contributed by atoms with Crippen LogP contribution in [0.4, 0.5) is 5.13 Å². The number of anilines is 1. The molecule has 1 aromatic heterocycles. The lowest BCUT2D eigenvalue weighted by Crippen LogP contribution is -1.82. The monoisotopic (exact) mass is 153 g/mol. The normalized spacial score (nSPS) is 8.80. The number of rotatable bonds is 3. The maximum atomic E-state index is 3.79. The zero-order valence-electron chi connectivity index (χ0n) is 5.37. The zero-order valence-corrected chi connectivity index (χ0v) is 6.19. The van der Waals surface area contributed by atoms with Gasteiger partial charge in [0, 0.05) is 0 Å². The van der Waals surface area contributed by atoms with Gasteiger partial charge in [0.25, 0.3) is 0 Å². The van der Waals surface area contributed by atoms with Crippen LogP contribution in [0.5, 0.6) is 0 Å². The van der Waals surface area contributed by atoms with Crippen LogP contribution in [-0.2, 0) is 0 Å². The molecule has 0 aromatic carbocycles. The summed E-state index contributed by atoms with van der Waals surface area (Å²) in [5.41, 5.74) is 0. The van der Waals surface area contributed by atoms with Gasteiger partial charge in [-0.25, -0.2) is 0 Å². The molecule has 0 radical (unpaired) electrons. The average molecular weight is 153 g/mol. The van der Waals surface area contributed by atoms with Crippen molar-refractivity contribution < 1.29 is 0 Å². The van der Waals surface area contributed by atoms with Crippen LogP contribution < -0.4 is 5.32 Å². The summed E-state index contributed by atoms with van der Waals surface area (Å²) in [6, 6.07) is 0. The predicted molar refractivity (Wildman–Crippen MR) is 43.8 cm³/mol. The highest BCUT2D eigenvalue weighted by atomic mass is 32.1. The molecule has 0 aliphatic carbocycles. The van der Waals surface area contributed by atoms with Crippen molar-refractivity contribution in [3.05, 3.63) is 24.4 Å². The lowest BCUT2D eigenvalue weighted by atomic mass is 10.7. The Hall–Kier alpha value is -1.16. The van der Waals surface area contributed by atoms with Crippen LogP contribution in [-0.4, -0.2) is 10.2 Å². The van der Waals surface area contributed by atoms with Crippen LogP contribution in [0.3, 0.4) is 0 Å². The minimum atomic E-state index is 0.741. The van der Waals surface area contributed by atoms with Crippen molar-refractivity contribution in [2.45, 2.75) is 0 Å². The van der Waals surface area contributed by atoms with Crippen molar-refractivity contribution in [1.29, 1.82) is 0 Å². The third-order valence-corrected chi connectivity index (χ3v) is 1.69. The molecule has 0 unspecified atom stereocenters. The van der Waals surface area contributed by atoms with E-state index in [-0.39, 0.29) is 0 Å². The van der Waals surface area contributed by atoms with E-state index in [0.717, 1.165) is 10.1 Å². The van der Waals surface area contributed by atoms with Gasteiger partial charge in [-0.05, 0) is 12.3 Å². The first-order valence-electron chi connectivity index (χ1n) is 2.70. The first-order chi connectivity index (χ1) is 4.86. The Bertz CT molecular complexity index is 241. The van der Waals surface area contributed by atoms with Gasteiger partial charge in [0.05, 0.1) is 0 Å². The third-order valence-electron chi connectivity index (χ3n) is 0.841. The summed E-state index contributed by atoms with van der Waals surface area (Å²) in [5, 5.41) is 12.0. The van der Waals surface area contributed by atoms with Crippen molar-refractivity contribution in [1.82, 2.24) is 10.2 Å². The molecule has 0 fully saturated rings. The highest BCUT2D eigenvalue weighted by Gasteiger charge is 1.95. The molecule has 0 saturated heterocycles. The smallest absolute Gasteiger partial charge is 0.209 e. The summed E-state index contributed by atoms with van der Waals surface area (Å²) in [7, 11) is 0. The van der Waals surface area contributed by atoms with Crippen LogP contribution in [0.1, 0.15) is 5.01 Å². The fourth-order valence-electron chi connectivity index (χ4n) is 0.463. The second kappa shape index (κ2) is 3.12. The van der Waals surface area contributed by atoms with Crippen LogP contribution in [0, 0.1) is 0 Å². The van der Waals surface area contributed by atoms with Crippen molar-refractivity contribution in [3.63, 3.8) is 0 Å². The molecule has 0 amide bonds. The van der Waals surface area contributed by atoms with Gasteiger partial charge < -0.3 is 5.32 Å². The molecule has 1 aromatic rings. The Balaban J connectivity index is 2.77. The lowest BCUT2D eigenvalue weighted by Gasteiger charge is -1.85. The second-order valence-electron chi connectivity index (χ2n) is 1.50. The average Bonchev–Trinajstić information content (AvgIpc) is 2.37. The van der Waals surface area contributed by atoms with Crippen molar-refractivity contribution in [2.24, 2.45) is 0 Å². The van der Waals surface area contributed by atoms with Crippen molar-refractivity contribution in [2.75, 3.05) is 5.32 Å². The molecule has 0 aliphatic rings. The first kappa shape index (κ1) is 6.95. The standard InChI is InChI=1S/C6H7N3S/c1-3-5-8-9-6(10-5)7-4-2/h3-4H,1-2H2,(H,7,9). The SMILES string of the molecule is C=CNc1nnc(C=C)s1. The molecule has 0 aliphatic heterocycles. The van der Waals surface area contributed by atoms with Crippen LogP contribution in [0.15, 0.2) is 19.4 Å². The molecule has 0 spiro atoms. The van der Waals surface area contributed by atoms with Crippen LogP contribution >= 0.6 is 11.3 Å². The summed E-state index contributed by atoms with van der Waals surface area (Å²) < 4.78 is 0. The van der Waals surface area contributed by atoms with E-state index in [4.69, 9.17) is 0 Å². The van der Waals surface area contributed by atoms with E-state index in [2.05, 4.69) is 28.7 Å². The number of hydrogen-bond donors (Lipinski definition) is 1. The maximum absolute atomic E-state index is 3.79. The number of nitrogens with one attached hydrogen (secondary N) is 1. The van der Waals surface area contributed by atoms with E-state index >= 15 is 0 Å². The number of hydrogen-bond acceptors (Lipinski definition) is 4. The predicted octanol–water partition coefficient (Wildman–Crippen LogP) is 1.74. The summed E-state index contributed by atoms with van der Waals surface area (Å²) in [5.74, 6) is 0. The van der Waals surface area contributed by atoms with Gasteiger partial charge in [0.1, 0.15) is 5.01 Å². The van der Waals surface area contributed by atoms with Gasteiger partial charge in [0.2, 0.25) is 5.13 Å². The van der Waals surface area contributed by atoms with Gasteiger partial charge in [-0.15, -0.1) is 10.2 Å². The Morgan fingerprint density at radius 2 is 2.20 bits per heavy atom. The highest BCUT2D eigenvalue weighted by Crippen LogP contribution is 2.14. The Morgan fingerprint density at radius 3 is 2.70 bits per heavy atom. The van der Waals surface area contributed by atoms with E-state index in [1.165, 1.54) is 11.3 Å². The zero-order chi connectivity index (χ0) is 7.40. The molecule has 0 bridgehead atoms. The molecule has 0 saturated carbocycles. The minimum absolute atomic E-state index is 0.741. The molecule has 10 heavy (non-hydrogen) atoms. The van der Waals surface area contributed by atoms with Crippen LogP contribution in [0.25, 0.3) is 6.08 Å². The van der Waals surface area contributed by atoms with Gasteiger partial charge in [-0.3, -0.25) is 0 Å². The number of nitrogens with zero attached hydrogens (tertiary/aromatic N) is 2. The Kier molecular flexibility index (Phi) is 2.17. The molecule has 1 N–H and O–H groups in total. The van der Waals surface area contributed by atoms with Gasteiger partial charge in [-0.1, -0.05) is 24.5 Å². The van der Waals surface area contributed by atoms with E-state index in [9.17, 15) is 0 Å². The summed E-state index contributed by atoms with van der Waals surface area (Å²) in [6.07, 6.45) is 3.22. The fraction of sp³-hybridized carbons (Fsp3) is 0. The van der Waals surface area contributed by atoms with Crippen LogP contribution in [0.2, 0.25) is 0 Å². The van der Waals surface area contributed by atoms with Gasteiger partial charge in [-0.2, -0.15) is 0 Å². The van der Waals surface area contributed by atoms with E-state index in [0.29, 0.717) is 0 Å². The lowest BCUT2D eigenvalue weighted by molar-refractivity contribution is 1.08.